The number of nitrogens with one attached hydrogen (secondary N) is 1. The second-order valence-corrected chi connectivity index (χ2v) is 5.74. The minimum atomic E-state index is -0.395. The number of halogens is 1. The summed E-state index contributed by atoms with van der Waals surface area (Å²) >= 11 is 0. The summed E-state index contributed by atoms with van der Waals surface area (Å²) in [6.07, 6.45) is 1.65. The Morgan fingerprint density at radius 2 is 2.04 bits per heavy atom. The van der Waals surface area contributed by atoms with Crippen LogP contribution >= 0.6 is 0 Å². The first kappa shape index (κ1) is 15.1. The van der Waals surface area contributed by atoms with Gasteiger partial charge in [0.1, 0.15) is 11.5 Å². The Labute approximate surface area is 133 Å². The molecule has 0 aliphatic carbocycles. The molecule has 118 valence electrons. The van der Waals surface area contributed by atoms with Gasteiger partial charge in [-0.25, -0.2) is 13.9 Å². The molecule has 1 aromatic carbocycles. The summed E-state index contributed by atoms with van der Waals surface area (Å²) in [7, 11) is 0. The summed E-state index contributed by atoms with van der Waals surface area (Å²) in [5.41, 5.74) is 3.01. The average Bonchev–Trinajstić information content (AvgIpc) is 2.98. The number of hydrogen-bond donors (Lipinski definition) is 1. The smallest absolute Gasteiger partial charge is 0.274 e. The molecule has 2 heterocycles. The Balaban J connectivity index is 1.99. The minimum absolute atomic E-state index is 0.183. The summed E-state index contributed by atoms with van der Waals surface area (Å²) in [6, 6.07) is 7.75. The fraction of sp³-hybridized carbons (Fsp3) is 0.235. The van der Waals surface area contributed by atoms with E-state index in [4.69, 9.17) is 0 Å². The molecule has 0 bridgehead atoms. The Kier molecular flexibility index (Phi) is 3.82. The van der Waals surface area contributed by atoms with Crippen LogP contribution in [0.1, 0.15) is 41.5 Å². The highest BCUT2D eigenvalue weighted by atomic mass is 19.1. The van der Waals surface area contributed by atoms with Crippen molar-refractivity contribution in [2.75, 3.05) is 5.32 Å². The lowest BCUT2D eigenvalue weighted by Crippen LogP contribution is -2.17. The van der Waals surface area contributed by atoms with Gasteiger partial charge in [-0.1, -0.05) is 19.9 Å². The zero-order chi connectivity index (χ0) is 16.6. The third-order valence-electron chi connectivity index (χ3n) is 3.66. The molecule has 3 aromatic rings. The Morgan fingerprint density at radius 3 is 2.78 bits per heavy atom. The fourth-order valence-corrected chi connectivity index (χ4v) is 2.38. The predicted octanol–water partition coefficient (Wildman–Crippen LogP) is 3.55. The van der Waals surface area contributed by atoms with E-state index in [1.807, 2.05) is 20.8 Å². The molecule has 1 amide bonds. The lowest BCUT2D eigenvalue weighted by Gasteiger charge is -2.12. The van der Waals surface area contributed by atoms with Crippen LogP contribution < -0.4 is 5.32 Å². The number of carbonyl (C=O) groups is 1. The van der Waals surface area contributed by atoms with Crippen molar-refractivity contribution in [2.24, 2.45) is 0 Å². The number of fused-ring (bicyclic) bond motifs is 1. The normalized spacial score (nSPS) is 11.2. The summed E-state index contributed by atoms with van der Waals surface area (Å²) < 4.78 is 15.1. The monoisotopic (exact) mass is 312 g/mol. The molecule has 5 nitrogen and oxygen atoms in total. The van der Waals surface area contributed by atoms with E-state index in [0.717, 1.165) is 11.3 Å². The van der Waals surface area contributed by atoms with E-state index >= 15 is 0 Å². The number of rotatable bonds is 3. The zero-order valence-corrected chi connectivity index (χ0v) is 13.2. The van der Waals surface area contributed by atoms with Crippen molar-refractivity contribution in [3.63, 3.8) is 0 Å². The van der Waals surface area contributed by atoms with Crippen LogP contribution in [0.4, 0.5) is 10.1 Å². The zero-order valence-electron chi connectivity index (χ0n) is 13.2. The molecular weight excluding hydrogens is 295 g/mol. The third-order valence-corrected chi connectivity index (χ3v) is 3.66. The van der Waals surface area contributed by atoms with Gasteiger partial charge in [-0.05, 0) is 36.6 Å². The van der Waals surface area contributed by atoms with Gasteiger partial charge in [-0.3, -0.25) is 4.79 Å². The van der Waals surface area contributed by atoms with Crippen LogP contribution in [0.5, 0.6) is 0 Å². The molecule has 0 radical (unpaired) electrons. The van der Waals surface area contributed by atoms with Crippen LogP contribution in [0.3, 0.4) is 0 Å². The molecule has 0 saturated carbocycles. The highest BCUT2D eigenvalue weighted by molar-refractivity contribution is 6.03. The van der Waals surface area contributed by atoms with Crippen LogP contribution in [-0.4, -0.2) is 20.5 Å². The number of nitrogens with zero attached hydrogens (tertiary/aromatic N) is 3. The first-order valence-corrected chi connectivity index (χ1v) is 7.38. The predicted molar refractivity (Wildman–Crippen MR) is 86.2 cm³/mol. The summed E-state index contributed by atoms with van der Waals surface area (Å²) in [5.74, 6) is -0.583. The number of hydrogen-bond acceptors (Lipinski definition) is 3. The van der Waals surface area contributed by atoms with Gasteiger partial charge in [-0.15, -0.1) is 0 Å². The Morgan fingerprint density at radius 1 is 1.26 bits per heavy atom. The van der Waals surface area contributed by atoms with Crippen molar-refractivity contribution in [2.45, 2.75) is 26.7 Å². The molecule has 0 spiro atoms. The van der Waals surface area contributed by atoms with Gasteiger partial charge in [0.05, 0.1) is 6.20 Å². The second-order valence-electron chi connectivity index (χ2n) is 5.74. The van der Waals surface area contributed by atoms with Crippen LogP contribution in [0, 0.1) is 12.7 Å². The van der Waals surface area contributed by atoms with Crippen LogP contribution in [0.15, 0.2) is 36.5 Å². The molecule has 6 heteroatoms. The average molecular weight is 312 g/mol. The second kappa shape index (κ2) is 5.79. The maximum absolute atomic E-state index is 13.4. The highest BCUT2D eigenvalue weighted by Gasteiger charge is 2.15. The molecule has 0 aliphatic heterocycles. The van der Waals surface area contributed by atoms with Crippen LogP contribution in [0.25, 0.3) is 5.65 Å². The van der Waals surface area contributed by atoms with Gasteiger partial charge in [0.25, 0.3) is 5.91 Å². The first-order chi connectivity index (χ1) is 11.0. The minimum Gasteiger partial charge on any atom is -0.320 e. The number of benzene rings is 1. The van der Waals surface area contributed by atoms with Gasteiger partial charge in [0.2, 0.25) is 0 Å². The number of aromatic nitrogens is 3. The van der Waals surface area contributed by atoms with Crippen molar-refractivity contribution < 1.29 is 9.18 Å². The number of aryl methyl sites for hydroxylation is 1. The maximum atomic E-state index is 13.4. The molecule has 0 atom stereocenters. The van der Waals surface area contributed by atoms with Gasteiger partial charge in [0, 0.05) is 17.4 Å². The largest absolute Gasteiger partial charge is 0.320 e. The first-order valence-electron chi connectivity index (χ1n) is 7.38. The number of carbonyl (C=O) groups excluding carboxylic acids is 1. The molecule has 1 N–H and O–H groups in total. The standard InChI is InChI=1S/C17H17FN4O/c1-10(2)15-9-14(20-16-6-7-19-22(15)16)17(23)21-13-8-12(18)5-4-11(13)3/h4-10H,1-3H3,(H,21,23). The van der Waals surface area contributed by atoms with Crippen molar-refractivity contribution in [3.05, 3.63) is 59.3 Å². The van der Waals surface area contributed by atoms with Crippen molar-refractivity contribution in [3.8, 4) is 0 Å². The molecule has 2 aromatic heterocycles. The van der Waals surface area contributed by atoms with E-state index in [2.05, 4.69) is 15.4 Å². The van der Waals surface area contributed by atoms with E-state index in [9.17, 15) is 9.18 Å². The highest BCUT2D eigenvalue weighted by Crippen LogP contribution is 2.19. The number of amides is 1. The maximum Gasteiger partial charge on any atom is 0.274 e. The van der Waals surface area contributed by atoms with Crippen molar-refractivity contribution in [1.82, 2.24) is 14.6 Å². The molecule has 0 saturated heterocycles. The van der Waals surface area contributed by atoms with Crippen molar-refractivity contribution >= 4 is 17.2 Å². The molecule has 0 aliphatic rings. The summed E-state index contributed by atoms with van der Waals surface area (Å²) in [5, 5.41) is 6.94. The van der Waals surface area contributed by atoms with E-state index < -0.39 is 5.82 Å². The van der Waals surface area contributed by atoms with E-state index in [-0.39, 0.29) is 17.5 Å². The van der Waals surface area contributed by atoms with Crippen LogP contribution in [-0.2, 0) is 0 Å². The van der Waals surface area contributed by atoms with E-state index in [1.165, 1.54) is 12.1 Å². The lowest BCUT2D eigenvalue weighted by atomic mass is 10.1. The van der Waals surface area contributed by atoms with E-state index in [1.54, 1.807) is 28.9 Å². The molecular formula is C17H17FN4O. The summed E-state index contributed by atoms with van der Waals surface area (Å²) in [4.78, 5) is 16.8. The van der Waals surface area contributed by atoms with Gasteiger partial charge >= 0.3 is 0 Å². The topological polar surface area (TPSA) is 59.3 Å². The number of anilines is 1. The van der Waals surface area contributed by atoms with Gasteiger partial charge in [-0.2, -0.15) is 5.10 Å². The Bertz CT molecular complexity index is 885. The molecule has 3 rings (SSSR count). The molecule has 23 heavy (non-hydrogen) atoms. The third kappa shape index (κ3) is 2.92. The Hall–Kier alpha value is -2.76. The van der Waals surface area contributed by atoms with E-state index in [0.29, 0.717) is 11.3 Å². The fourth-order valence-electron chi connectivity index (χ4n) is 2.38. The van der Waals surface area contributed by atoms with Crippen molar-refractivity contribution in [1.29, 1.82) is 0 Å². The molecule has 0 fully saturated rings. The summed E-state index contributed by atoms with van der Waals surface area (Å²) in [6.45, 7) is 5.85. The molecule has 0 unspecified atom stereocenters. The SMILES string of the molecule is Cc1ccc(F)cc1NC(=O)c1cc(C(C)C)n2nccc2n1. The quantitative estimate of drug-likeness (QED) is 0.804. The van der Waals surface area contributed by atoms with Gasteiger partial charge < -0.3 is 5.32 Å². The van der Waals surface area contributed by atoms with Gasteiger partial charge in [0.15, 0.2) is 5.65 Å². The lowest BCUT2D eigenvalue weighted by molar-refractivity contribution is 0.102. The van der Waals surface area contributed by atoms with Crippen LogP contribution in [0.2, 0.25) is 0 Å².